The van der Waals surface area contributed by atoms with Crippen LogP contribution in [0.2, 0.25) is 0 Å². The van der Waals surface area contributed by atoms with E-state index in [0.717, 1.165) is 37.6 Å². The molecular weight excluding hydrogens is 464 g/mol. The van der Waals surface area contributed by atoms with Crippen molar-refractivity contribution in [3.63, 3.8) is 0 Å². The third-order valence-electron chi connectivity index (χ3n) is 6.29. The number of fused-ring (bicyclic) bond motifs is 1. The number of hydrogen-bond acceptors (Lipinski definition) is 4. The van der Waals surface area contributed by atoms with E-state index in [9.17, 15) is 18.4 Å². The van der Waals surface area contributed by atoms with Gasteiger partial charge in [0, 0.05) is 31.4 Å². The van der Waals surface area contributed by atoms with Crippen LogP contribution < -0.4 is 16.0 Å². The lowest BCUT2D eigenvalue weighted by molar-refractivity contribution is -0.126. The predicted octanol–water partition coefficient (Wildman–Crippen LogP) is 3.90. The molecule has 3 N–H and O–H groups in total. The topological polar surface area (TPSA) is 88.0 Å². The molecule has 0 saturated carbocycles. The van der Waals surface area contributed by atoms with Crippen LogP contribution in [0, 0.1) is 11.6 Å². The molecule has 1 unspecified atom stereocenters. The van der Waals surface area contributed by atoms with Crippen LogP contribution in [0.5, 0.6) is 0 Å². The van der Waals surface area contributed by atoms with Gasteiger partial charge >= 0.3 is 0 Å². The SMILES string of the molecule is CCC[C@H](NC(=O)Cc1cc(F)cc(F)c1)C(=O)Nc1cn(CCNC2CCc3ccccc32)cn1. The molecule has 0 saturated heterocycles. The van der Waals surface area contributed by atoms with Crippen LogP contribution in [0.25, 0.3) is 0 Å². The Kier molecular flexibility index (Phi) is 8.43. The van der Waals surface area contributed by atoms with Crippen molar-refractivity contribution in [2.24, 2.45) is 0 Å². The molecular formula is C27H31F2N5O2. The number of amides is 2. The molecule has 2 amide bonds. The maximum atomic E-state index is 13.4. The van der Waals surface area contributed by atoms with Gasteiger partial charge in [0.1, 0.15) is 17.7 Å². The van der Waals surface area contributed by atoms with Crippen molar-refractivity contribution < 1.29 is 18.4 Å². The second-order valence-corrected chi connectivity index (χ2v) is 9.09. The molecule has 2 atom stereocenters. The Morgan fingerprint density at radius 2 is 1.94 bits per heavy atom. The molecule has 190 valence electrons. The van der Waals surface area contributed by atoms with E-state index in [-0.39, 0.29) is 17.9 Å². The predicted molar refractivity (Wildman–Crippen MR) is 133 cm³/mol. The zero-order valence-electron chi connectivity index (χ0n) is 20.3. The largest absolute Gasteiger partial charge is 0.344 e. The average Bonchev–Trinajstić information content (AvgIpc) is 3.45. The molecule has 1 aromatic heterocycles. The second-order valence-electron chi connectivity index (χ2n) is 9.09. The summed E-state index contributed by atoms with van der Waals surface area (Å²) in [5.74, 6) is -1.98. The minimum atomic E-state index is -0.782. The zero-order valence-corrected chi connectivity index (χ0v) is 20.3. The molecule has 0 bridgehead atoms. The summed E-state index contributed by atoms with van der Waals surface area (Å²) in [6.07, 6.45) is 6.44. The van der Waals surface area contributed by atoms with Crippen molar-refractivity contribution in [2.75, 3.05) is 11.9 Å². The number of nitrogens with one attached hydrogen (secondary N) is 3. The van der Waals surface area contributed by atoms with E-state index in [1.165, 1.54) is 11.1 Å². The zero-order chi connectivity index (χ0) is 25.5. The number of carbonyl (C=O) groups is 2. The first kappa shape index (κ1) is 25.5. The van der Waals surface area contributed by atoms with Crippen molar-refractivity contribution in [1.29, 1.82) is 0 Å². The Morgan fingerprint density at radius 1 is 1.17 bits per heavy atom. The standard InChI is InChI=1S/C27H31F2N5O2/c1-2-5-24(32-26(35)14-18-12-20(28)15-21(29)13-18)27(36)33-25-16-34(17-31-25)11-10-30-23-9-8-19-6-3-4-7-22(19)23/h3-4,6-7,12-13,15-17,23-24,30H,2,5,8-11,14H2,1H3,(H,32,35)(H,33,36)/t23?,24-/m0/s1. The van der Waals surface area contributed by atoms with E-state index in [2.05, 4.69) is 45.2 Å². The van der Waals surface area contributed by atoms with Gasteiger partial charge in [-0.1, -0.05) is 37.6 Å². The van der Waals surface area contributed by atoms with Gasteiger partial charge < -0.3 is 20.5 Å². The highest BCUT2D eigenvalue weighted by molar-refractivity contribution is 5.96. The fourth-order valence-electron chi connectivity index (χ4n) is 4.60. The Bertz CT molecular complexity index is 1190. The molecule has 0 aliphatic heterocycles. The fraction of sp³-hybridized carbons (Fsp3) is 0.370. The molecule has 0 fully saturated rings. The minimum Gasteiger partial charge on any atom is -0.344 e. The lowest BCUT2D eigenvalue weighted by atomic mass is 10.1. The van der Waals surface area contributed by atoms with Crippen LogP contribution >= 0.6 is 0 Å². The highest BCUT2D eigenvalue weighted by atomic mass is 19.1. The smallest absolute Gasteiger partial charge is 0.248 e. The third kappa shape index (κ3) is 6.75. The van der Waals surface area contributed by atoms with E-state index >= 15 is 0 Å². The Hall–Kier alpha value is -3.59. The molecule has 3 aromatic rings. The summed E-state index contributed by atoms with van der Waals surface area (Å²) in [5, 5.41) is 9.01. The third-order valence-corrected chi connectivity index (χ3v) is 6.29. The second kappa shape index (κ2) is 11.9. The molecule has 0 spiro atoms. The van der Waals surface area contributed by atoms with Gasteiger partial charge in [0.2, 0.25) is 11.8 Å². The number of hydrogen-bond donors (Lipinski definition) is 3. The van der Waals surface area contributed by atoms with E-state index in [4.69, 9.17) is 0 Å². The molecule has 1 aliphatic carbocycles. The quantitative estimate of drug-likeness (QED) is 0.377. The minimum absolute atomic E-state index is 0.203. The molecule has 1 heterocycles. The van der Waals surface area contributed by atoms with Crippen molar-refractivity contribution in [1.82, 2.24) is 20.2 Å². The van der Waals surface area contributed by atoms with Crippen molar-refractivity contribution in [3.05, 3.63) is 83.3 Å². The van der Waals surface area contributed by atoms with Gasteiger partial charge in [-0.25, -0.2) is 13.8 Å². The number of anilines is 1. The van der Waals surface area contributed by atoms with Crippen molar-refractivity contribution >= 4 is 17.6 Å². The number of aryl methyl sites for hydroxylation is 1. The van der Waals surface area contributed by atoms with Crippen LogP contribution in [0.4, 0.5) is 14.6 Å². The maximum absolute atomic E-state index is 13.4. The van der Waals surface area contributed by atoms with Crippen LogP contribution in [0.1, 0.15) is 48.9 Å². The van der Waals surface area contributed by atoms with Crippen molar-refractivity contribution in [3.8, 4) is 0 Å². The van der Waals surface area contributed by atoms with E-state index in [1.54, 1.807) is 12.5 Å². The van der Waals surface area contributed by atoms with E-state index < -0.39 is 23.6 Å². The molecule has 2 aromatic carbocycles. The van der Waals surface area contributed by atoms with Crippen LogP contribution in [-0.2, 0) is 29.0 Å². The number of aromatic nitrogens is 2. The van der Waals surface area contributed by atoms with E-state index in [0.29, 0.717) is 31.2 Å². The normalized spacial score (nSPS) is 15.4. The summed E-state index contributed by atoms with van der Waals surface area (Å²) >= 11 is 0. The Balaban J connectivity index is 1.26. The summed E-state index contributed by atoms with van der Waals surface area (Å²) < 4.78 is 28.7. The summed E-state index contributed by atoms with van der Waals surface area (Å²) in [7, 11) is 0. The summed E-state index contributed by atoms with van der Waals surface area (Å²) in [6.45, 7) is 3.36. The molecule has 0 radical (unpaired) electrons. The number of imidazole rings is 1. The summed E-state index contributed by atoms with van der Waals surface area (Å²) in [4.78, 5) is 29.5. The molecule has 4 rings (SSSR count). The molecule has 1 aliphatic rings. The number of rotatable bonds is 11. The number of nitrogens with zero attached hydrogens (tertiary/aromatic N) is 2. The fourth-order valence-corrected chi connectivity index (χ4v) is 4.60. The average molecular weight is 496 g/mol. The lowest BCUT2D eigenvalue weighted by Crippen LogP contribution is -2.44. The van der Waals surface area contributed by atoms with Gasteiger partial charge in [-0.05, 0) is 48.1 Å². The molecule has 9 heteroatoms. The van der Waals surface area contributed by atoms with Crippen LogP contribution in [0.15, 0.2) is 55.0 Å². The summed E-state index contributed by atoms with van der Waals surface area (Å²) in [5.41, 5.74) is 2.97. The van der Waals surface area contributed by atoms with Crippen molar-refractivity contribution in [2.45, 2.75) is 57.7 Å². The number of halogens is 2. The highest BCUT2D eigenvalue weighted by Crippen LogP contribution is 2.30. The molecule has 36 heavy (non-hydrogen) atoms. The van der Waals surface area contributed by atoms with Gasteiger partial charge in [-0.15, -0.1) is 0 Å². The van der Waals surface area contributed by atoms with Crippen LogP contribution in [0.3, 0.4) is 0 Å². The van der Waals surface area contributed by atoms with Gasteiger partial charge in [-0.3, -0.25) is 9.59 Å². The van der Waals surface area contributed by atoms with Gasteiger partial charge in [-0.2, -0.15) is 0 Å². The molecule has 7 nitrogen and oxygen atoms in total. The Morgan fingerprint density at radius 3 is 2.72 bits per heavy atom. The Labute approximate surface area is 209 Å². The van der Waals surface area contributed by atoms with Gasteiger partial charge in [0.15, 0.2) is 5.82 Å². The van der Waals surface area contributed by atoms with Crippen LogP contribution in [-0.4, -0.2) is 34.0 Å². The first-order valence-corrected chi connectivity index (χ1v) is 12.3. The first-order valence-electron chi connectivity index (χ1n) is 12.3. The van der Waals surface area contributed by atoms with Gasteiger partial charge in [0.05, 0.1) is 12.7 Å². The van der Waals surface area contributed by atoms with E-state index in [1.807, 2.05) is 11.5 Å². The lowest BCUT2D eigenvalue weighted by Gasteiger charge is -2.17. The van der Waals surface area contributed by atoms with Gasteiger partial charge in [0.25, 0.3) is 0 Å². The number of carbonyl (C=O) groups excluding carboxylic acids is 2. The number of benzene rings is 2. The monoisotopic (exact) mass is 495 g/mol. The highest BCUT2D eigenvalue weighted by Gasteiger charge is 2.22. The summed E-state index contributed by atoms with van der Waals surface area (Å²) in [6, 6.07) is 11.0. The maximum Gasteiger partial charge on any atom is 0.248 e. The first-order chi connectivity index (χ1) is 17.4.